The van der Waals surface area contributed by atoms with Crippen LogP contribution in [0.4, 0.5) is 4.79 Å². The number of hydrogen-bond donors (Lipinski definition) is 1. The van der Waals surface area contributed by atoms with Crippen molar-refractivity contribution < 1.29 is 9.53 Å². The number of nitrogens with two attached hydrogens (primary N) is 1. The summed E-state index contributed by atoms with van der Waals surface area (Å²) in [5, 5.41) is 0. The maximum Gasteiger partial charge on any atom is 0.405 e. The van der Waals surface area contributed by atoms with Crippen LogP contribution in [0.5, 0.6) is 0 Å². The van der Waals surface area contributed by atoms with Crippen LogP contribution in [0.1, 0.15) is 77.6 Å². The molecular weight excluding hydrogens is 294 g/mol. The van der Waals surface area contributed by atoms with Crippen LogP contribution in [-0.2, 0) is 4.74 Å². The Labute approximate surface area is 139 Å². The largest absolute Gasteiger partial charge is 0.443 e. The molecule has 0 spiro atoms. The van der Waals surface area contributed by atoms with Crippen LogP contribution >= 0.6 is 11.8 Å². The summed E-state index contributed by atoms with van der Waals surface area (Å²) in [7, 11) is 0. The lowest BCUT2D eigenvalue weighted by molar-refractivity contribution is -0.115. The van der Waals surface area contributed by atoms with Crippen molar-refractivity contribution in [2.24, 2.45) is 17.6 Å². The zero-order chi connectivity index (χ0) is 15.6. The molecule has 4 bridgehead atoms. The second kappa shape index (κ2) is 6.62. The van der Waals surface area contributed by atoms with E-state index in [0.717, 1.165) is 31.1 Å². The van der Waals surface area contributed by atoms with Gasteiger partial charge in [0, 0.05) is 11.2 Å². The SMILES string of the molecule is CCCCCCCSC12CC3CC(CC(OC(N)=O)(C3)C1)C2. The standard InChI is InChI=1S/C18H31NO2S/c1-2-3-4-5-6-7-22-18-11-14-8-15(12-18)10-17(9-14,13-18)21-16(19)20/h14-15H,2-13H2,1H3,(H2,19,20). The molecule has 2 atom stereocenters. The lowest BCUT2D eigenvalue weighted by Gasteiger charge is -2.60. The summed E-state index contributed by atoms with van der Waals surface area (Å²) in [6, 6.07) is 0. The van der Waals surface area contributed by atoms with Crippen molar-refractivity contribution >= 4 is 17.9 Å². The van der Waals surface area contributed by atoms with Gasteiger partial charge in [-0.3, -0.25) is 0 Å². The van der Waals surface area contributed by atoms with Gasteiger partial charge in [0.05, 0.1) is 0 Å². The summed E-state index contributed by atoms with van der Waals surface area (Å²) in [5.41, 5.74) is 5.14. The number of ether oxygens (including phenoxy) is 1. The summed E-state index contributed by atoms with van der Waals surface area (Å²) in [5.74, 6) is 2.79. The van der Waals surface area contributed by atoms with Gasteiger partial charge in [0.15, 0.2) is 0 Å². The maximum atomic E-state index is 11.3. The number of thioether (sulfide) groups is 1. The van der Waals surface area contributed by atoms with Gasteiger partial charge in [-0.1, -0.05) is 32.6 Å². The molecule has 0 aliphatic heterocycles. The van der Waals surface area contributed by atoms with E-state index in [4.69, 9.17) is 10.5 Å². The molecule has 0 radical (unpaired) electrons. The lowest BCUT2D eigenvalue weighted by Crippen LogP contribution is -2.59. The van der Waals surface area contributed by atoms with Crippen molar-refractivity contribution in [3.8, 4) is 0 Å². The first-order valence-electron chi connectivity index (χ1n) is 9.17. The summed E-state index contributed by atoms with van der Waals surface area (Å²) in [6.45, 7) is 2.27. The number of carbonyl (C=O) groups excluding carboxylic acids is 1. The molecule has 0 aromatic heterocycles. The minimum absolute atomic E-state index is 0.217. The van der Waals surface area contributed by atoms with Crippen LogP contribution in [0.25, 0.3) is 0 Å². The van der Waals surface area contributed by atoms with Crippen LogP contribution in [-0.4, -0.2) is 22.2 Å². The molecule has 4 saturated carbocycles. The van der Waals surface area contributed by atoms with Gasteiger partial charge in [0.2, 0.25) is 0 Å². The second-order valence-corrected chi connectivity index (χ2v) is 9.57. The molecule has 4 aliphatic carbocycles. The molecule has 4 aliphatic rings. The maximum absolute atomic E-state index is 11.3. The van der Waals surface area contributed by atoms with Crippen LogP contribution < -0.4 is 5.73 Å². The first kappa shape index (κ1) is 16.5. The molecule has 2 N–H and O–H groups in total. The van der Waals surface area contributed by atoms with E-state index in [1.54, 1.807) is 0 Å². The normalized spacial score (nSPS) is 39.1. The number of carbonyl (C=O) groups is 1. The third-order valence-corrected chi connectivity index (χ3v) is 7.51. The molecule has 4 rings (SSSR count). The van der Waals surface area contributed by atoms with Gasteiger partial charge in [-0.25, -0.2) is 4.79 Å². The van der Waals surface area contributed by atoms with Gasteiger partial charge in [-0.2, -0.15) is 11.8 Å². The van der Waals surface area contributed by atoms with Crippen molar-refractivity contribution in [2.75, 3.05) is 5.75 Å². The number of rotatable bonds is 8. The minimum atomic E-state index is -0.568. The smallest absolute Gasteiger partial charge is 0.405 e. The van der Waals surface area contributed by atoms with E-state index >= 15 is 0 Å². The molecule has 4 fully saturated rings. The fraction of sp³-hybridized carbons (Fsp3) is 0.944. The monoisotopic (exact) mass is 325 g/mol. The van der Waals surface area contributed by atoms with Crippen molar-refractivity contribution in [2.45, 2.75) is 87.9 Å². The Morgan fingerprint density at radius 1 is 1.14 bits per heavy atom. The predicted molar refractivity (Wildman–Crippen MR) is 92.0 cm³/mol. The predicted octanol–water partition coefficient (Wildman–Crippen LogP) is 4.88. The fourth-order valence-electron chi connectivity index (χ4n) is 5.59. The highest BCUT2D eigenvalue weighted by Gasteiger charge is 2.59. The lowest BCUT2D eigenvalue weighted by atomic mass is 9.53. The molecular formula is C18H31NO2S. The van der Waals surface area contributed by atoms with Gasteiger partial charge in [-0.05, 0) is 56.1 Å². The molecule has 0 aromatic carbocycles. The Kier molecular flexibility index (Phi) is 4.96. The van der Waals surface area contributed by atoms with Crippen molar-refractivity contribution in [3.05, 3.63) is 0 Å². The van der Waals surface area contributed by atoms with Crippen LogP contribution in [0, 0.1) is 11.8 Å². The van der Waals surface area contributed by atoms with Gasteiger partial charge < -0.3 is 10.5 Å². The van der Waals surface area contributed by atoms with Gasteiger partial charge in [0.1, 0.15) is 5.60 Å². The molecule has 0 saturated heterocycles. The summed E-state index contributed by atoms with van der Waals surface area (Å²) >= 11 is 2.19. The van der Waals surface area contributed by atoms with Crippen LogP contribution in [0.15, 0.2) is 0 Å². The summed E-state index contributed by atoms with van der Waals surface area (Å²) in [6.07, 6.45) is 13.4. The quantitative estimate of drug-likeness (QED) is 0.647. The molecule has 0 heterocycles. The average Bonchev–Trinajstić information content (AvgIpc) is 2.39. The zero-order valence-corrected chi connectivity index (χ0v) is 14.8. The Morgan fingerprint density at radius 2 is 1.82 bits per heavy atom. The third-order valence-electron chi connectivity index (χ3n) is 5.93. The first-order valence-corrected chi connectivity index (χ1v) is 10.2. The molecule has 126 valence electrons. The van der Waals surface area contributed by atoms with E-state index in [-0.39, 0.29) is 5.60 Å². The molecule has 22 heavy (non-hydrogen) atoms. The Morgan fingerprint density at radius 3 is 2.45 bits per heavy atom. The Hall–Kier alpha value is -0.380. The van der Waals surface area contributed by atoms with Crippen molar-refractivity contribution in [1.29, 1.82) is 0 Å². The molecule has 3 nitrogen and oxygen atoms in total. The van der Waals surface area contributed by atoms with E-state index in [1.165, 1.54) is 57.1 Å². The number of amides is 1. The van der Waals surface area contributed by atoms with Gasteiger partial charge >= 0.3 is 6.09 Å². The van der Waals surface area contributed by atoms with Gasteiger partial charge in [0.25, 0.3) is 0 Å². The highest BCUT2D eigenvalue weighted by atomic mass is 32.2. The number of hydrogen-bond acceptors (Lipinski definition) is 3. The Bertz CT molecular complexity index is 398. The highest BCUT2D eigenvalue weighted by Crippen LogP contribution is 2.63. The summed E-state index contributed by atoms with van der Waals surface area (Å²) < 4.78 is 6.04. The Balaban J connectivity index is 1.55. The van der Waals surface area contributed by atoms with E-state index in [1.807, 2.05) is 0 Å². The number of unbranched alkanes of at least 4 members (excludes halogenated alkanes) is 4. The average molecular weight is 326 g/mol. The van der Waals surface area contributed by atoms with E-state index < -0.39 is 6.09 Å². The topological polar surface area (TPSA) is 52.3 Å². The van der Waals surface area contributed by atoms with Crippen LogP contribution in [0.2, 0.25) is 0 Å². The third kappa shape index (κ3) is 3.58. The van der Waals surface area contributed by atoms with Crippen LogP contribution in [0.3, 0.4) is 0 Å². The van der Waals surface area contributed by atoms with Gasteiger partial charge in [-0.15, -0.1) is 0 Å². The first-order chi connectivity index (χ1) is 10.5. The van der Waals surface area contributed by atoms with E-state index in [9.17, 15) is 4.79 Å². The van der Waals surface area contributed by atoms with E-state index in [2.05, 4.69) is 18.7 Å². The van der Waals surface area contributed by atoms with E-state index in [0.29, 0.717) is 4.75 Å². The molecule has 1 amide bonds. The highest BCUT2D eigenvalue weighted by molar-refractivity contribution is 8.00. The molecule has 2 unspecified atom stereocenters. The second-order valence-electron chi connectivity index (χ2n) is 8.01. The summed E-state index contributed by atoms with van der Waals surface area (Å²) in [4.78, 5) is 11.3. The van der Waals surface area contributed by atoms with Crippen molar-refractivity contribution in [1.82, 2.24) is 0 Å². The minimum Gasteiger partial charge on any atom is -0.443 e. The zero-order valence-electron chi connectivity index (χ0n) is 13.9. The molecule has 4 heteroatoms. The van der Waals surface area contributed by atoms with Crippen molar-refractivity contribution in [3.63, 3.8) is 0 Å². The number of primary amides is 1. The fourth-order valence-corrected chi connectivity index (χ4v) is 7.45. The molecule has 0 aromatic rings.